The van der Waals surface area contributed by atoms with Crippen molar-refractivity contribution in [2.24, 2.45) is 0 Å². The smallest absolute Gasteiger partial charge is 0.321 e. The number of halogens is 1. The van der Waals surface area contributed by atoms with Crippen molar-refractivity contribution < 1.29 is 9.59 Å². The highest BCUT2D eigenvalue weighted by molar-refractivity contribution is 5.96. The lowest BCUT2D eigenvalue weighted by Crippen LogP contribution is -2.48. The van der Waals surface area contributed by atoms with Gasteiger partial charge in [0.15, 0.2) is 0 Å². The SMILES string of the molecule is Cl.Nc1cccc2c1CCCN2CC(=O)NC(=O)NC1CCCCC1. The van der Waals surface area contributed by atoms with Crippen LogP contribution in [0.1, 0.15) is 44.1 Å². The Balaban J connectivity index is 0.00000225. The molecule has 1 fully saturated rings. The molecule has 3 rings (SSSR count). The summed E-state index contributed by atoms with van der Waals surface area (Å²) in [6.07, 6.45) is 7.41. The number of nitrogens with two attached hydrogens (primary N) is 1. The molecule has 7 heteroatoms. The van der Waals surface area contributed by atoms with Crippen LogP contribution < -0.4 is 21.3 Å². The number of imide groups is 1. The molecule has 1 heterocycles. The van der Waals surface area contributed by atoms with Crippen molar-refractivity contribution in [3.05, 3.63) is 23.8 Å². The maximum Gasteiger partial charge on any atom is 0.321 e. The Morgan fingerprint density at radius 1 is 1.16 bits per heavy atom. The summed E-state index contributed by atoms with van der Waals surface area (Å²) in [5.74, 6) is -0.279. The van der Waals surface area contributed by atoms with Gasteiger partial charge in [0.1, 0.15) is 0 Å². The van der Waals surface area contributed by atoms with Gasteiger partial charge in [0.05, 0.1) is 6.54 Å². The highest BCUT2D eigenvalue weighted by Crippen LogP contribution is 2.30. The summed E-state index contributed by atoms with van der Waals surface area (Å²) in [5.41, 5.74) is 8.90. The third kappa shape index (κ3) is 5.01. The Labute approximate surface area is 154 Å². The Hall–Kier alpha value is -1.95. The van der Waals surface area contributed by atoms with E-state index in [1.165, 1.54) is 6.42 Å². The standard InChI is InChI=1S/C18H26N4O2.ClH/c19-15-9-4-10-16-14(15)8-5-11-22(16)12-17(23)21-18(24)20-13-6-2-1-3-7-13;/h4,9-10,13H,1-3,5-8,11-12,19H2,(H2,20,21,23,24);1H. The second kappa shape index (κ2) is 8.94. The zero-order valence-corrected chi connectivity index (χ0v) is 15.2. The molecule has 0 bridgehead atoms. The van der Waals surface area contributed by atoms with E-state index in [0.29, 0.717) is 0 Å². The number of carbonyl (C=O) groups is 2. The number of urea groups is 1. The Morgan fingerprint density at radius 3 is 2.68 bits per heavy atom. The number of amides is 3. The van der Waals surface area contributed by atoms with Crippen molar-refractivity contribution in [2.75, 3.05) is 23.7 Å². The van der Waals surface area contributed by atoms with Gasteiger partial charge in [-0.3, -0.25) is 10.1 Å². The maximum absolute atomic E-state index is 12.2. The number of anilines is 2. The van der Waals surface area contributed by atoms with E-state index in [9.17, 15) is 9.59 Å². The monoisotopic (exact) mass is 366 g/mol. The van der Waals surface area contributed by atoms with Crippen molar-refractivity contribution >= 4 is 35.7 Å². The molecule has 1 aromatic rings. The van der Waals surface area contributed by atoms with Crippen LogP contribution in [0.3, 0.4) is 0 Å². The lowest BCUT2D eigenvalue weighted by Gasteiger charge is -2.31. The molecule has 3 amide bonds. The summed E-state index contributed by atoms with van der Waals surface area (Å²) >= 11 is 0. The number of nitrogens with zero attached hydrogens (tertiary/aromatic N) is 1. The molecule has 0 unspecified atom stereocenters. The van der Waals surface area contributed by atoms with Crippen molar-refractivity contribution in [1.29, 1.82) is 0 Å². The molecule has 4 N–H and O–H groups in total. The summed E-state index contributed by atoms with van der Waals surface area (Å²) in [6, 6.07) is 5.60. The molecule has 1 aromatic carbocycles. The van der Waals surface area contributed by atoms with Crippen LogP contribution >= 0.6 is 12.4 Å². The zero-order valence-electron chi connectivity index (χ0n) is 14.4. The predicted octanol–water partition coefficient (Wildman–Crippen LogP) is 2.60. The lowest BCUT2D eigenvalue weighted by molar-refractivity contribution is -0.118. The van der Waals surface area contributed by atoms with Crippen molar-refractivity contribution in [3.8, 4) is 0 Å². The Morgan fingerprint density at radius 2 is 1.92 bits per heavy atom. The minimum absolute atomic E-state index is 0. The van der Waals surface area contributed by atoms with Crippen LogP contribution in [-0.2, 0) is 11.2 Å². The molecular weight excluding hydrogens is 340 g/mol. The van der Waals surface area contributed by atoms with E-state index in [1.807, 2.05) is 23.1 Å². The van der Waals surface area contributed by atoms with Crippen LogP contribution in [0.2, 0.25) is 0 Å². The number of nitrogen functional groups attached to an aromatic ring is 1. The van der Waals surface area contributed by atoms with Crippen LogP contribution in [0.5, 0.6) is 0 Å². The number of fused-ring (bicyclic) bond motifs is 1. The Kier molecular flexibility index (Phi) is 6.93. The van der Waals surface area contributed by atoms with Crippen molar-refractivity contribution in [3.63, 3.8) is 0 Å². The summed E-state index contributed by atoms with van der Waals surface area (Å²) in [7, 11) is 0. The molecule has 0 atom stereocenters. The average Bonchev–Trinajstić information content (AvgIpc) is 2.56. The third-order valence-electron chi connectivity index (χ3n) is 4.91. The molecule has 0 spiro atoms. The summed E-state index contributed by atoms with van der Waals surface area (Å²) in [5, 5.41) is 5.36. The first kappa shape index (κ1) is 19.4. The highest BCUT2D eigenvalue weighted by atomic mass is 35.5. The van der Waals surface area contributed by atoms with E-state index < -0.39 is 0 Å². The molecule has 138 valence electrons. The number of nitrogens with one attached hydrogen (secondary N) is 2. The fourth-order valence-corrected chi connectivity index (χ4v) is 3.70. The predicted molar refractivity (Wildman–Crippen MR) is 102 cm³/mol. The van der Waals surface area contributed by atoms with E-state index in [0.717, 1.165) is 62.0 Å². The van der Waals surface area contributed by atoms with E-state index in [4.69, 9.17) is 5.73 Å². The first-order chi connectivity index (χ1) is 11.6. The quantitative estimate of drug-likeness (QED) is 0.717. The molecule has 2 aliphatic rings. The molecule has 0 aromatic heterocycles. The van der Waals surface area contributed by atoms with Crippen LogP contribution in [0, 0.1) is 0 Å². The molecule has 1 saturated carbocycles. The van der Waals surface area contributed by atoms with E-state index in [1.54, 1.807) is 0 Å². The van der Waals surface area contributed by atoms with Gasteiger partial charge in [-0.15, -0.1) is 12.4 Å². The van der Waals surface area contributed by atoms with Crippen LogP contribution in [0.4, 0.5) is 16.2 Å². The molecule has 0 radical (unpaired) electrons. The first-order valence-corrected chi connectivity index (χ1v) is 8.86. The summed E-state index contributed by atoms with van der Waals surface area (Å²) in [6.45, 7) is 0.975. The molecule has 25 heavy (non-hydrogen) atoms. The van der Waals surface area contributed by atoms with Gasteiger partial charge in [0.25, 0.3) is 0 Å². The molecule has 0 saturated heterocycles. The van der Waals surface area contributed by atoms with Crippen LogP contribution in [0.25, 0.3) is 0 Å². The summed E-state index contributed by atoms with van der Waals surface area (Å²) < 4.78 is 0. The molecule has 1 aliphatic heterocycles. The van der Waals surface area contributed by atoms with Gasteiger partial charge in [0.2, 0.25) is 5.91 Å². The fourth-order valence-electron chi connectivity index (χ4n) is 3.70. The van der Waals surface area contributed by atoms with Crippen molar-refractivity contribution in [2.45, 2.75) is 51.0 Å². The topological polar surface area (TPSA) is 87.5 Å². The number of carbonyl (C=O) groups excluding carboxylic acids is 2. The van der Waals surface area contributed by atoms with Gasteiger partial charge in [-0.05, 0) is 43.4 Å². The maximum atomic E-state index is 12.2. The van der Waals surface area contributed by atoms with E-state index in [-0.39, 0.29) is 36.9 Å². The normalized spacial score (nSPS) is 17.2. The zero-order chi connectivity index (χ0) is 16.9. The molecule has 1 aliphatic carbocycles. The van der Waals surface area contributed by atoms with Gasteiger partial charge < -0.3 is 16.0 Å². The second-order valence-electron chi connectivity index (χ2n) is 6.73. The Bertz CT molecular complexity index is 617. The van der Waals surface area contributed by atoms with E-state index >= 15 is 0 Å². The number of benzene rings is 1. The lowest BCUT2D eigenvalue weighted by atomic mass is 9.96. The second-order valence-corrected chi connectivity index (χ2v) is 6.73. The van der Waals surface area contributed by atoms with Gasteiger partial charge in [-0.1, -0.05) is 25.3 Å². The number of rotatable bonds is 3. The molecular formula is C18H27ClN4O2. The van der Waals surface area contributed by atoms with E-state index in [2.05, 4.69) is 10.6 Å². The van der Waals surface area contributed by atoms with Gasteiger partial charge in [0, 0.05) is 24.0 Å². The summed E-state index contributed by atoms with van der Waals surface area (Å²) in [4.78, 5) is 26.2. The number of hydrogen-bond donors (Lipinski definition) is 3. The third-order valence-corrected chi connectivity index (χ3v) is 4.91. The van der Waals surface area contributed by atoms with Crippen LogP contribution in [0.15, 0.2) is 18.2 Å². The first-order valence-electron chi connectivity index (χ1n) is 8.86. The van der Waals surface area contributed by atoms with Crippen molar-refractivity contribution in [1.82, 2.24) is 10.6 Å². The highest BCUT2D eigenvalue weighted by Gasteiger charge is 2.22. The minimum Gasteiger partial charge on any atom is -0.398 e. The number of hydrogen-bond acceptors (Lipinski definition) is 4. The average molecular weight is 367 g/mol. The van der Waals surface area contributed by atoms with Crippen LogP contribution in [-0.4, -0.2) is 31.1 Å². The van der Waals surface area contributed by atoms with Gasteiger partial charge >= 0.3 is 6.03 Å². The molecule has 6 nitrogen and oxygen atoms in total. The fraction of sp³-hybridized carbons (Fsp3) is 0.556. The minimum atomic E-state index is -0.378. The largest absolute Gasteiger partial charge is 0.398 e. The van der Waals surface area contributed by atoms with Gasteiger partial charge in [-0.25, -0.2) is 4.79 Å². The van der Waals surface area contributed by atoms with Gasteiger partial charge in [-0.2, -0.15) is 0 Å².